The summed E-state index contributed by atoms with van der Waals surface area (Å²) >= 11 is 0. The third-order valence-electron chi connectivity index (χ3n) is 5.86. The van der Waals surface area contributed by atoms with E-state index in [9.17, 15) is 9.59 Å². The minimum atomic E-state index is -0.381. The molecular weight excluding hydrogens is 314 g/mol. The SMILES string of the molecule is NC(=O)N1CCC(C(=O)NCC2CCC(c3ccccc3)CC2)CC1. The number of likely N-dealkylation sites (tertiary alicyclic amines) is 1. The van der Waals surface area contributed by atoms with Crippen LogP contribution in [0.2, 0.25) is 0 Å². The van der Waals surface area contributed by atoms with Gasteiger partial charge in [0, 0.05) is 25.6 Å². The summed E-state index contributed by atoms with van der Waals surface area (Å²) in [6.07, 6.45) is 6.22. The first-order valence-corrected chi connectivity index (χ1v) is 9.50. The van der Waals surface area contributed by atoms with Crippen LogP contribution in [0.4, 0.5) is 4.79 Å². The molecule has 3 N–H and O–H groups in total. The second-order valence-electron chi connectivity index (χ2n) is 7.47. The van der Waals surface area contributed by atoms with Gasteiger partial charge in [-0.2, -0.15) is 0 Å². The van der Waals surface area contributed by atoms with Gasteiger partial charge in [0.25, 0.3) is 0 Å². The molecule has 25 heavy (non-hydrogen) atoms. The molecule has 0 unspecified atom stereocenters. The maximum absolute atomic E-state index is 12.4. The Morgan fingerprint density at radius 3 is 2.24 bits per heavy atom. The van der Waals surface area contributed by atoms with Gasteiger partial charge in [-0.15, -0.1) is 0 Å². The van der Waals surface area contributed by atoms with Gasteiger partial charge in [-0.3, -0.25) is 4.79 Å². The molecule has 1 heterocycles. The second kappa shape index (κ2) is 8.37. The van der Waals surface area contributed by atoms with Crippen LogP contribution in [-0.2, 0) is 4.79 Å². The highest BCUT2D eigenvalue weighted by molar-refractivity contribution is 5.79. The number of carbonyl (C=O) groups is 2. The van der Waals surface area contributed by atoms with Crippen molar-refractivity contribution in [2.24, 2.45) is 17.6 Å². The lowest BCUT2D eigenvalue weighted by atomic mass is 9.78. The Balaban J connectivity index is 1.37. The maximum Gasteiger partial charge on any atom is 0.314 e. The number of primary amides is 1. The Morgan fingerprint density at radius 2 is 1.64 bits per heavy atom. The van der Waals surface area contributed by atoms with Crippen LogP contribution in [0.15, 0.2) is 30.3 Å². The molecule has 1 aliphatic heterocycles. The molecule has 3 amide bonds. The summed E-state index contributed by atoms with van der Waals surface area (Å²) < 4.78 is 0. The van der Waals surface area contributed by atoms with Crippen molar-refractivity contribution in [3.8, 4) is 0 Å². The molecule has 1 saturated carbocycles. The lowest BCUT2D eigenvalue weighted by molar-refractivity contribution is -0.126. The van der Waals surface area contributed by atoms with Crippen molar-refractivity contribution in [2.75, 3.05) is 19.6 Å². The second-order valence-corrected chi connectivity index (χ2v) is 7.47. The first-order chi connectivity index (χ1) is 12.1. The van der Waals surface area contributed by atoms with E-state index < -0.39 is 0 Å². The van der Waals surface area contributed by atoms with E-state index in [0.717, 1.165) is 19.4 Å². The summed E-state index contributed by atoms with van der Waals surface area (Å²) in [6.45, 7) is 1.97. The Hall–Kier alpha value is -2.04. The summed E-state index contributed by atoms with van der Waals surface area (Å²) in [5, 5.41) is 3.15. The van der Waals surface area contributed by atoms with Crippen LogP contribution in [0, 0.1) is 11.8 Å². The van der Waals surface area contributed by atoms with Gasteiger partial charge < -0.3 is 16.0 Å². The molecule has 136 valence electrons. The van der Waals surface area contributed by atoms with Crippen molar-refractivity contribution in [3.05, 3.63) is 35.9 Å². The van der Waals surface area contributed by atoms with Crippen molar-refractivity contribution in [1.82, 2.24) is 10.2 Å². The van der Waals surface area contributed by atoms with Crippen molar-refractivity contribution in [1.29, 1.82) is 0 Å². The van der Waals surface area contributed by atoms with E-state index in [4.69, 9.17) is 5.73 Å². The summed E-state index contributed by atoms with van der Waals surface area (Å²) in [5.74, 6) is 1.44. The molecular formula is C20H29N3O2. The van der Waals surface area contributed by atoms with E-state index in [-0.39, 0.29) is 17.9 Å². The van der Waals surface area contributed by atoms with Gasteiger partial charge >= 0.3 is 6.03 Å². The highest BCUT2D eigenvalue weighted by Gasteiger charge is 2.27. The molecule has 2 aliphatic rings. The van der Waals surface area contributed by atoms with Gasteiger partial charge in [0.15, 0.2) is 0 Å². The number of amides is 3. The molecule has 5 heteroatoms. The molecule has 1 saturated heterocycles. The molecule has 3 rings (SSSR count). The highest BCUT2D eigenvalue weighted by atomic mass is 16.2. The predicted octanol–water partition coefficient (Wildman–Crippen LogP) is 2.87. The Labute approximate surface area is 150 Å². The van der Waals surface area contributed by atoms with Crippen LogP contribution in [0.5, 0.6) is 0 Å². The van der Waals surface area contributed by atoms with Crippen LogP contribution >= 0.6 is 0 Å². The molecule has 0 atom stereocenters. The number of carbonyl (C=O) groups excluding carboxylic acids is 2. The fourth-order valence-corrected chi connectivity index (χ4v) is 4.18. The van der Waals surface area contributed by atoms with E-state index in [1.807, 2.05) is 0 Å². The number of nitrogens with one attached hydrogen (secondary N) is 1. The van der Waals surface area contributed by atoms with E-state index in [0.29, 0.717) is 24.9 Å². The van der Waals surface area contributed by atoms with Gasteiger partial charge in [0.2, 0.25) is 5.91 Å². The van der Waals surface area contributed by atoms with E-state index in [1.54, 1.807) is 4.90 Å². The van der Waals surface area contributed by atoms with Gasteiger partial charge in [0.05, 0.1) is 0 Å². The number of piperidine rings is 1. The lowest BCUT2D eigenvalue weighted by Gasteiger charge is -2.31. The molecule has 5 nitrogen and oxygen atoms in total. The molecule has 0 spiro atoms. The number of nitrogens with two attached hydrogens (primary N) is 1. The average Bonchev–Trinajstić information content (AvgIpc) is 2.67. The third kappa shape index (κ3) is 4.74. The number of nitrogens with zero attached hydrogens (tertiary/aromatic N) is 1. The fourth-order valence-electron chi connectivity index (χ4n) is 4.18. The first-order valence-electron chi connectivity index (χ1n) is 9.50. The van der Waals surface area contributed by atoms with Crippen LogP contribution < -0.4 is 11.1 Å². The number of rotatable bonds is 4. The summed E-state index contributed by atoms with van der Waals surface area (Å²) in [7, 11) is 0. The number of benzene rings is 1. The van der Waals surface area contributed by atoms with Crippen molar-refractivity contribution >= 4 is 11.9 Å². The van der Waals surface area contributed by atoms with Gasteiger partial charge in [-0.25, -0.2) is 4.79 Å². The zero-order chi connectivity index (χ0) is 17.6. The zero-order valence-electron chi connectivity index (χ0n) is 14.8. The van der Waals surface area contributed by atoms with Gasteiger partial charge in [-0.1, -0.05) is 30.3 Å². The molecule has 0 radical (unpaired) electrons. The van der Waals surface area contributed by atoms with Crippen LogP contribution in [0.25, 0.3) is 0 Å². The van der Waals surface area contributed by atoms with Crippen LogP contribution in [0.1, 0.15) is 50.0 Å². The Morgan fingerprint density at radius 1 is 1.00 bits per heavy atom. The lowest BCUT2D eigenvalue weighted by Crippen LogP contribution is -2.45. The Bertz CT molecular complexity index is 574. The molecule has 1 aromatic carbocycles. The average molecular weight is 343 g/mol. The van der Waals surface area contributed by atoms with Gasteiger partial charge in [-0.05, 0) is 55.9 Å². The summed E-state index contributed by atoms with van der Waals surface area (Å²) in [5.41, 5.74) is 6.73. The van der Waals surface area contributed by atoms with Crippen molar-refractivity contribution < 1.29 is 9.59 Å². The van der Waals surface area contributed by atoms with Gasteiger partial charge in [0.1, 0.15) is 0 Å². The van der Waals surface area contributed by atoms with Crippen molar-refractivity contribution in [2.45, 2.75) is 44.4 Å². The van der Waals surface area contributed by atoms with Crippen LogP contribution in [0.3, 0.4) is 0 Å². The normalized spacial score (nSPS) is 24.7. The summed E-state index contributed by atoms with van der Waals surface area (Å²) in [6, 6.07) is 10.4. The third-order valence-corrected chi connectivity index (χ3v) is 5.86. The van der Waals surface area contributed by atoms with E-state index >= 15 is 0 Å². The minimum Gasteiger partial charge on any atom is -0.356 e. The maximum atomic E-state index is 12.4. The standard InChI is InChI=1S/C20H29N3O2/c21-20(25)23-12-10-18(11-13-23)19(24)22-14-15-6-8-17(9-7-15)16-4-2-1-3-5-16/h1-5,15,17-18H,6-14H2,(H2,21,25)(H,22,24). The minimum absolute atomic E-state index is 0.0243. The topological polar surface area (TPSA) is 75.4 Å². The highest BCUT2D eigenvalue weighted by Crippen LogP contribution is 2.35. The van der Waals surface area contributed by atoms with E-state index in [2.05, 4.69) is 35.6 Å². The molecule has 1 aromatic rings. The largest absolute Gasteiger partial charge is 0.356 e. The van der Waals surface area contributed by atoms with Crippen molar-refractivity contribution in [3.63, 3.8) is 0 Å². The molecule has 2 fully saturated rings. The number of hydrogen-bond donors (Lipinski definition) is 2. The summed E-state index contributed by atoms with van der Waals surface area (Å²) in [4.78, 5) is 25.1. The first kappa shape index (κ1) is 17.8. The monoisotopic (exact) mass is 343 g/mol. The fraction of sp³-hybridized carbons (Fsp3) is 0.600. The van der Waals surface area contributed by atoms with E-state index in [1.165, 1.54) is 31.2 Å². The van der Waals surface area contributed by atoms with Crippen LogP contribution in [-0.4, -0.2) is 36.5 Å². The molecule has 0 bridgehead atoms. The smallest absolute Gasteiger partial charge is 0.314 e. The predicted molar refractivity (Wildman–Crippen MR) is 98.0 cm³/mol. The number of urea groups is 1. The molecule has 0 aromatic heterocycles. The zero-order valence-corrected chi connectivity index (χ0v) is 14.8. The quantitative estimate of drug-likeness (QED) is 0.882. The molecule has 1 aliphatic carbocycles. The Kier molecular flexibility index (Phi) is 5.95. The number of hydrogen-bond acceptors (Lipinski definition) is 2.